The predicted octanol–water partition coefficient (Wildman–Crippen LogP) is 5.89. The smallest absolute Gasteiger partial charge is 0.310 e. The van der Waals surface area contributed by atoms with Crippen LogP contribution in [-0.4, -0.2) is 11.7 Å². The van der Waals surface area contributed by atoms with Gasteiger partial charge in [0, 0.05) is 18.4 Å². The molecule has 0 spiro atoms. The lowest BCUT2D eigenvalue weighted by Gasteiger charge is -2.09. The zero-order valence-electron chi connectivity index (χ0n) is 16.5. The third kappa shape index (κ3) is 4.91. The van der Waals surface area contributed by atoms with E-state index in [1.165, 1.54) is 12.1 Å². The van der Waals surface area contributed by atoms with E-state index in [9.17, 15) is 18.0 Å². The lowest BCUT2D eigenvalue weighted by atomic mass is 9.99. The van der Waals surface area contributed by atoms with Gasteiger partial charge in [-0.1, -0.05) is 66.7 Å². The van der Waals surface area contributed by atoms with Crippen molar-refractivity contribution in [3.63, 3.8) is 0 Å². The third-order valence-corrected chi connectivity index (χ3v) is 5.01. The molecule has 1 heterocycles. The fourth-order valence-electron chi connectivity index (χ4n) is 3.49. The summed E-state index contributed by atoms with van der Waals surface area (Å²) in [5, 5.41) is 2.69. The van der Waals surface area contributed by atoms with Gasteiger partial charge in [0.25, 0.3) is 5.91 Å². The Morgan fingerprint density at radius 3 is 2.26 bits per heavy atom. The first kappa shape index (κ1) is 20.6. The van der Waals surface area contributed by atoms with Crippen molar-refractivity contribution < 1.29 is 18.0 Å². The summed E-state index contributed by atoms with van der Waals surface area (Å²) in [6.07, 6.45) is -3.52. The molecular formula is C25H19F3N2O. The summed E-state index contributed by atoms with van der Waals surface area (Å²) in [5.74, 6) is -0.189. The molecule has 1 N–H and O–H groups in total. The van der Waals surface area contributed by atoms with Gasteiger partial charge < -0.3 is 5.32 Å². The van der Waals surface area contributed by atoms with E-state index < -0.39 is 17.6 Å². The van der Waals surface area contributed by atoms with Crippen molar-refractivity contribution in [1.29, 1.82) is 0 Å². The second-order valence-electron chi connectivity index (χ2n) is 7.22. The first-order valence-corrected chi connectivity index (χ1v) is 9.78. The van der Waals surface area contributed by atoms with Gasteiger partial charge in [0.2, 0.25) is 0 Å². The summed E-state index contributed by atoms with van der Waals surface area (Å²) in [7, 11) is 0. The number of allylic oxidation sites excluding steroid dienone is 1. The molecule has 156 valence electrons. The molecule has 0 radical (unpaired) electrons. The molecule has 31 heavy (non-hydrogen) atoms. The minimum Gasteiger partial charge on any atom is -0.310 e. The Labute approximate surface area is 178 Å². The summed E-state index contributed by atoms with van der Waals surface area (Å²) in [6.45, 7) is 0. The summed E-state index contributed by atoms with van der Waals surface area (Å²) < 4.78 is 38.9. The quantitative estimate of drug-likeness (QED) is 0.562. The number of carbonyl (C=O) groups excluding carboxylic acids is 1. The third-order valence-electron chi connectivity index (χ3n) is 5.01. The molecule has 4 rings (SSSR count). The second-order valence-corrected chi connectivity index (χ2v) is 7.22. The summed E-state index contributed by atoms with van der Waals surface area (Å²) in [4.78, 5) is 17.2. The molecule has 1 amide bonds. The molecule has 0 atom stereocenters. The maximum atomic E-state index is 13.0. The number of carbonyl (C=O) groups is 1. The van der Waals surface area contributed by atoms with Crippen LogP contribution in [0.2, 0.25) is 0 Å². The van der Waals surface area contributed by atoms with Crippen LogP contribution in [0.1, 0.15) is 33.5 Å². The summed E-state index contributed by atoms with van der Waals surface area (Å²) in [6, 6.07) is 24.0. The van der Waals surface area contributed by atoms with Crippen LogP contribution in [0.5, 0.6) is 0 Å². The normalized spacial score (nSPS) is 13.8. The Hall–Kier alpha value is -3.67. The number of rotatable bonds is 4. The number of hydrogen-bond acceptors (Lipinski definition) is 2. The van der Waals surface area contributed by atoms with Crippen LogP contribution in [0.25, 0.3) is 5.57 Å². The van der Waals surface area contributed by atoms with Crippen LogP contribution >= 0.6 is 0 Å². The zero-order valence-corrected chi connectivity index (χ0v) is 16.5. The number of nitrogens with zero attached hydrogens (tertiary/aromatic N) is 1. The molecule has 0 saturated carbocycles. The highest BCUT2D eigenvalue weighted by Crippen LogP contribution is 2.32. The van der Waals surface area contributed by atoms with Crippen molar-refractivity contribution >= 4 is 17.3 Å². The topological polar surface area (TPSA) is 41.5 Å². The Morgan fingerprint density at radius 2 is 1.58 bits per heavy atom. The lowest BCUT2D eigenvalue weighted by Crippen LogP contribution is -2.29. The van der Waals surface area contributed by atoms with Gasteiger partial charge >= 0.3 is 6.18 Å². The number of halogens is 3. The van der Waals surface area contributed by atoms with E-state index in [2.05, 4.69) is 10.3 Å². The molecule has 3 aromatic rings. The van der Waals surface area contributed by atoms with Crippen molar-refractivity contribution in [2.24, 2.45) is 4.99 Å². The van der Waals surface area contributed by atoms with Crippen LogP contribution in [0.4, 0.5) is 13.2 Å². The van der Waals surface area contributed by atoms with Crippen molar-refractivity contribution in [3.8, 4) is 0 Å². The molecule has 0 aromatic heterocycles. The number of amides is 1. The molecule has 0 aliphatic carbocycles. The van der Waals surface area contributed by atoms with Gasteiger partial charge in [0.05, 0.1) is 11.3 Å². The van der Waals surface area contributed by atoms with E-state index in [0.717, 1.165) is 34.5 Å². The summed E-state index contributed by atoms with van der Waals surface area (Å²) >= 11 is 0. The highest BCUT2D eigenvalue weighted by molar-refractivity contribution is 6.11. The first-order valence-electron chi connectivity index (χ1n) is 9.78. The van der Waals surface area contributed by atoms with Crippen LogP contribution in [0.15, 0.2) is 95.6 Å². The Kier molecular flexibility index (Phi) is 5.71. The highest BCUT2D eigenvalue weighted by Gasteiger charge is 2.31. The Bertz CT molecular complexity index is 1150. The standard InChI is InChI=1S/C25H19F3N2O/c26-25(27,28)20-13-7-12-19(15-20)24(31)30-23-16-21(18-10-5-2-6-11-18)22(29-23)14-17-8-3-1-4-9-17/h1-13,15H,14,16H2,(H,29,30,31). The lowest BCUT2D eigenvalue weighted by molar-refractivity contribution is -0.137. The predicted molar refractivity (Wildman–Crippen MR) is 114 cm³/mol. The average Bonchev–Trinajstić information content (AvgIpc) is 3.16. The molecule has 3 aromatic carbocycles. The number of alkyl halides is 3. The molecule has 3 nitrogen and oxygen atoms in total. The van der Waals surface area contributed by atoms with Gasteiger partial charge in [-0.25, -0.2) is 4.99 Å². The molecule has 0 bridgehead atoms. The average molecular weight is 420 g/mol. The van der Waals surface area contributed by atoms with Gasteiger partial charge in [-0.3, -0.25) is 4.79 Å². The van der Waals surface area contributed by atoms with E-state index in [0.29, 0.717) is 18.7 Å². The van der Waals surface area contributed by atoms with Crippen LogP contribution in [0.3, 0.4) is 0 Å². The molecule has 6 heteroatoms. The highest BCUT2D eigenvalue weighted by atomic mass is 19.4. The maximum Gasteiger partial charge on any atom is 0.416 e. The van der Waals surface area contributed by atoms with Crippen molar-refractivity contribution in [3.05, 3.63) is 113 Å². The Morgan fingerprint density at radius 1 is 0.903 bits per heavy atom. The van der Waals surface area contributed by atoms with E-state index >= 15 is 0 Å². The van der Waals surface area contributed by atoms with Gasteiger partial charge in [0.15, 0.2) is 0 Å². The van der Waals surface area contributed by atoms with Gasteiger partial charge in [-0.2, -0.15) is 13.2 Å². The second kappa shape index (κ2) is 8.60. The first-order chi connectivity index (χ1) is 14.9. The molecule has 0 saturated heterocycles. The van der Waals surface area contributed by atoms with Crippen molar-refractivity contribution in [2.75, 3.05) is 0 Å². The van der Waals surface area contributed by atoms with E-state index in [4.69, 9.17) is 0 Å². The summed E-state index contributed by atoms with van der Waals surface area (Å²) in [5.41, 5.74) is 2.98. The molecular weight excluding hydrogens is 401 g/mol. The van der Waals surface area contributed by atoms with E-state index in [-0.39, 0.29) is 5.56 Å². The van der Waals surface area contributed by atoms with Gasteiger partial charge in [-0.15, -0.1) is 0 Å². The Balaban J connectivity index is 1.57. The number of aliphatic imine (C=N–C) groups is 1. The molecule has 0 unspecified atom stereocenters. The molecule has 0 fully saturated rings. The molecule has 1 aliphatic rings. The van der Waals surface area contributed by atoms with E-state index in [1.807, 2.05) is 60.7 Å². The van der Waals surface area contributed by atoms with Crippen molar-refractivity contribution in [1.82, 2.24) is 5.32 Å². The molecule has 1 aliphatic heterocycles. The monoisotopic (exact) mass is 420 g/mol. The van der Waals surface area contributed by atoms with Gasteiger partial charge in [0.1, 0.15) is 5.84 Å². The van der Waals surface area contributed by atoms with Crippen LogP contribution < -0.4 is 5.32 Å². The van der Waals surface area contributed by atoms with Crippen molar-refractivity contribution in [2.45, 2.75) is 19.0 Å². The SMILES string of the molecule is O=C(NC1=NC(Cc2ccccc2)=C(c2ccccc2)C1)c1cccc(C(F)(F)F)c1. The fourth-order valence-corrected chi connectivity index (χ4v) is 3.49. The number of benzene rings is 3. The van der Waals surface area contributed by atoms with E-state index in [1.54, 1.807) is 0 Å². The minimum atomic E-state index is -4.51. The fraction of sp³-hybridized carbons (Fsp3) is 0.120. The number of amidine groups is 1. The minimum absolute atomic E-state index is 0.0599. The number of hydrogen-bond donors (Lipinski definition) is 1. The number of nitrogens with one attached hydrogen (secondary N) is 1. The van der Waals surface area contributed by atoms with Crippen LogP contribution in [0, 0.1) is 0 Å². The van der Waals surface area contributed by atoms with Gasteiger partial charge in [-0.05, 0) is 34.9 Å². The largest absolute Gasteiger partial charge is 0.416 e. The zero-order chi connectivity index (χ0) is 21.8. The van der Waals surface area contributed by atoms with Crippen LogP contribution in [-0.2, 0) is 12.6 Å². The maximum absolute atomic E-state index is 13.0.